The zero-order chi connectivity index (χ0) is 11.0. The smallest absolute Gasteiger partial charge is 0.355 e. The van der Waals surface area contributed by atoms with Crippen LogP contribution in [0.2, 0.25) is 0 Å². The highest BCUT2D eigenvalue weighted by molar-refractivity contribution is 7.15. The zero-order valence-corrected chi connectivity index (χ0v) is 9.60. The second-order valence-electron chi connectivity index (χ2n) is 4.08. The molecule has 0 radical (unpaired) electrons. The summed E-state index contributed by atoms with van der Waals surface area (Å²) in [4.78, 5) is 15.6. The van der Waals surface area contributed by atoms with E-state index in [2.05, 4.69) is 17.2 Å². The van der Waals surface area contributed by atoms with Gasteiger partial charge in [-0.1, -0.05) is 6.92 Å². The highest BCUT2D eigenvalue weighted by atomic mass is 32.1. The molecule has 1 fully saturated rings. The molecule has 5 heteroatoms. The van der Waals surface area contributed by atoms with E-state index in [9.17, 15) is 4.79 Å². The van der Waals surface area contributed by atoms with Crippen LogP contribution in [0, 0.1) is 18.8 Å². The lowest BCUT2D eigenvalue weighted by Gasteiger charge is -1.99. The number of aryl methyl sites for hydroxylation is 1. The number of carboxylic acid groups (broad SMARTS) is 1. The summed E-state index contributed by atoms with van der Waals surface area (Å²) in [7, 11) is 0. The first-order valence-electron chi connectivity index (χ1n) is 5.02. The highest BCUT2D eigenvalue weighted by Crippen LogP contribution is 2.37. The van der Waals surface area contributed by atoms with Crippen molar-refractivity contribution >= 4 is 22.4 Å². The molecule has 1 aliphatic rings. The van der Waals surface area contributed by atoms with E-state index in [1.165, 1.54) is 17.8 Å². The number of anilines is 1. The predicted octanol–water partition coefficient (Wildman–Crippen LogP) is 2.22. The van der Waals surface area contributed by atoms with Gasteiger partial charge in [0.1, 0.15) is 0 Å². The molecule has 1 aromatic heterocycles. The third kappa shape index (κ3) is 2.28. The Morgan fingerprint density at radius 3 is 2.87 bits per heavy atom. The van der Waals surface area contributed by atoms with E-state index in [1.54, 1.807) is 6.92 Å². The van der Waals surface area contributed by atoms with Gasteiger partial charge < -0.3 is 10.4 Å². The number of aromatic carboxylic acids is 1. The van der Waals surface area contributed by atoms with Crippen molar-refractivity contribution in [3.8, 4) is 0 Å². The van der Waals surface area contributed by atoms with Crippen LogP contribution in [-0.4, -0.2) is 22.6 Å². The fourth-order valence-corrected chi connectivity index (χ4v) is 2.38. The summed E-state index contributed by atoms with van der Waals surface area (Å²) in [6.45, 7) is 4.92. The summed E-state index contributed by atoms with van der Waals surface area (Å²) < 4.78 is 0. The van der Waals surface area contributed by atoms with Gasteiger partial charge in [-0.3, -0.25) is 0 Å². The molecular formula is C10H14N2O2S. The van der Waals surface area contributed by atoms with Crippen LogP contribution in [0.5, 0.6) is 0 Å². The number of aromatic nitrogens is 1. The number of hydrogen-bond acceptors (Lipinski definition) is 4. The molecule has 0 saturated heterocycles. The Labute approximate surface area is 92.3 Å². The first-order valence-corrected chi connectivity index (χ1v) is 5.84. The van der Waals surface area contributed by atoms with Gasteiger partial charge in [-0.2, -0.15) is 0 Å². The topological polar surface area (TPSA) is 62.2 Å². The van der Waals surface area contributed by atoms with Gasteiger partial charge in [0.05, 0.1) is 0 Å². The number of carbonyl (C=O) groups is 1. The molecule has 1 saturated carbocycles. The van der Waals surface area contributed by atoms with E-state index in [0.29, 0.717) is 0 Å². The first-order chi connectivity index (χ1) is 7.08. The summed E-state index contributed by atoms with van der Waals surface area (Å²) in [5.41, 5.74) is 0.173. The minimum atomic E-state index is -0.948. The number of carboxylic acids is 1. The van der Waals surface area contributed by atoms with Gasteiger partial charge in [0.15, 0.2) is 10.8 Å². The van der Waals surface area contributed by atoms with Crippen LogP contribution in [0.15, 0.2) is 0 Å². The Morgan fingerprint density at radius 2 is 2.40 bits per heavy atom. The largest absolute Gasteiger partial charge is 0.476 e. The van der Waals surface area contributed by atoms with E-state index in [4.69, 9.17) is 5.11 Å². The van der Waals surface area contributed by atoms with Crippen LogP contribution in [0.1, 0.15) is 28.7 Å². The predicted molar refractivity (Wildman–Crippen MR) is 59.6 cm³/mol. The minimum Gasteiger partial charge on any atom is -0.476 e. The molecule has 4 nitrogen and oxygen atoms in total. The summed E-state index contributed by atoms with van der Waals surface area (Å²) in [5.74, 6) is 0.594. The van der Waals surface area contributed by atoms with Crippen LogP contribution in [-0.2, 0) is 0 Å². The van der Waals surface area contributed by atoms with Crippen molar-refractivity contribution in [1.82, 2.24) is 4.98 Å². The van der Waals surface area contributed by atoms with Gasteiger partial charge in [0.2, 0.25) is 0 Å². The van der Waals surface area contributed by atoms with E-state index in [1.807, 2.05) is 0 Å². The summed E-state index contributed by atoms with van der Waals surface area (Å²) in [5, 5.41) is 12.8. The van der Waals surface area contributed by atoms with Gasteiger partial charge in [-0.25, -0.2) is 9.78 Å². The maximum atomic E-state index is 10.8. The number of nitrogens with one attached hydrogen (secondary N) is 1. The summed E-state index contributed by atoms with van der Waals surface area (Å²) in [6, 6.07) is 0. The van der Waals surface area contributed by atoms with Crippen molar-refractivity contribution < 1.29 is 9.90 Å². The maximum absolute atomic E-state index is 10.8. The van der Waals surface area contributed by atoms with Gasteiger partial charge in [0.25, 0.3) is 0 Å². The number of thiazole rings is 1. The highest BCUT2D eigenvalue weighted by Gasteiger charge is 2.32. The molecule has 2 rings (SSSR count). The molecular weight excluding hydrogens is 212 g/mol. The van der Waals surface area contributed by atoms with Gasteiger partial charge in [-0.15, -0.1) is 11.3 Å². The van der Waals surface area contributed by atoms with E-state index in [0.717, 1.165) is 28.4 Å². The lowest BCUT2D eigenvalue weighted by molar-refractivity contribution is 0.0690. The van der Waals surface area contributed by atoms with Crippen LogP contribution < -0.4 is 5.32 Å². The Hall–Kier alpha value is -1.10. The molecule has 2 N–H and O–H groups in total. The summed E-state index contributed by atoms with van der Waals surface area (Å²) >= 11 is 1.41. The van der Waals surface area contributed by atoms with Crippen molar-refractivity contribution in [2.45, 2.75) is 20.3 Å². The third-order valence-corrected chi connectivity index (χ3v) is 3.72. The molecule has 0 spiro atoms. The van der Waals surface area contributed by atoms with Gasteiger partial charge in [0, 0.05) is 11.4 Å². The first kappa shape index (κ1) is 10.4. The van der Waals surface area contributed by atoms with E-state index >= 15 is 0 Å². The fourth-order valence-electron chi connectivity index (χ4n) is 1.57. The normalized spacial score (nSPS) is 23.9. The van der Waals surface area contributed by atoms with Gasteiger partial charge in [-0.05, 0) is 25.2 Å². The monoisotopic (exact) mass is 226 g/mol. The van der Waals surface area contributed by atoms with Gasteiger partial charge >= 0.3 is 5.97 Å². The molecule has 0 amide bonds. The van der Waals surface area contributed by atoms with Crippen molar-refractivity contribution in [2.24, 2.45) is 11.8 Å². The number of nitrogens with zero attached hydrogens (tertiary/aromatic N) is 1. The van der Waals surface area contributed by atoms with Crippen LogP contribution in [0.25, 0.3) is 0 Å². The lowest BCUT2D eigenvalue weighted by atomic mass is 10.3. The van der Waals surface area contributed by atoms with Crippen LogP contribution in [0.3, 0.4) is 0 Å². The fraction of sp³-hybridized carbons (Fsp3) is 0.600. The molecule has 82 valence electrons. The van der Waals surface area contributed by atoms with Crippen molar-refractivity contribution in [3.05, 3.63) is 10.6 Å². The molecule has 0 aromatic carbocycles. The molecule has 0 bridgehead atoms. The van der Waals surface area contributed by atoms with Crippen LogP contribution >= 0.6 is 11.3 Å². The molecule has 1 heterocycles. The average molecular weight is 226 g/mol. The number of rotatable bonds is 4. The maximum Gasteiger partial charge on any atom is 0.355 e. The van der Waals surface area contributed by atoms with Crippen molar-refractivity contribution in [3.63, 3.8) is 0 Å². The second kappa shape index (κ2) is 3.81. The number of hydrogen-bond donors (Lipinski definition) is 2. The molecule has 2 atom stereocenters. The van der Waals surface area contributed by atoms with Crippen molar-refractivity contribution in [2.75, 3.05) is 11.9 Å². The molecule has 0 aliphatic heterocycles. The van der Waals surface area contributed by atoms with Crippen LogP contribution in [0.4, 0.5) is 5.13 Å². The van der Waals surface area contributed by atoms with E-state index < -0.39 is 5.97 Å². The van der Waals surface area contributed by atoms with Crippen molar-refractivity contribution in [1.29, 1.82) is 0 Å². The SMILES string of the molecule is Cc1sc(NCC2CC2C)nc1C(=O)O. The second-order valence-corrected chi connectivity index (χ2v) is 5.29. The molecule has 15 heavy (non-hydrogen) atoms. The Morgan fingerprint density at radius 1 is 1.73 bits per heavy atom. The zero-order valence-electron chi connectivity index (χ0n) is 8.78. The third-order valence-electron chi connectivity index (χ3n) is 2.79. The molecule has 1 aliphatic carbocycles. The minimum absolute atomic E-state index is 0.173. The Bertz CT molecular complexity index is 389. The lowest BCUT2D eigenvalue weighted by Crippen LogP contribution is -2.05. The average Bonchev–Trinajstić information content (AvgIpc) is 2.71. The Balaban J connectivity index is 1.97. The van der Waals surface area contributed by atoms with E-state index in [-0.39, 0.29) is 5.69 Å². The molecule has 1 aromatic rings. The molecule has 2 unspecified atom stereocenters. The standard InChI is InChI=1S/C10H14N2O2S/c1-5-3-7(5)4-11-10-12-8(9(13)14)6(2)15-10/h5,7H,3-4H2,1-2H3,(H,11,12)(H,13,14). The summed E-state index contributed by atoms with van der Waals surface area (Å²) in [6.07, 6.45) is 1.27. The quantitative estimate of drug-likeness (QED) is 0.826. The Kier molecular flexibility index (Phi) is 2.65.